The van der Waals surface area contributed by atoms with Crippen LogP contribution in [-0.4, -0.2) is 40.6 Å². The zero-order chi connectivity index (χ0) is 24.7. The number of pyridine rings is 1. The van der Waals surface area contributed by atoms with Crippen LogP contribution in [0.4, 0.5) is 10.5 Å². The second-order valence-electron chi connectivity index (χ2n) is 10.7. The number of carbonyl (C=O) groups excluding carboxylic acids is 2. The number of hydrogen-bond acceptors (Lipinski definition) is 5. The molecule has 1 saturated heterocycles. The van der Waals surface area contributed by atoms with E-state index in [1.807, 2.05) is 52.9 Å². The first-order chi connectivity index (χ1) is 16.0. The Bertz CT molecular complexity index is 1150. The highest BCUT2D eigenvalue weighted by Gasteiger charge is 2.44. The van der Waals surface area contributed by atoms with Gasteiger partial charge in [-0.15, -0.1) is 0 Å². The van der Waals surface area contributed by atoms with Crippen LogP contribution in [0.3, 0.4) is 0 Å². The summed E-state index contributed by atoms with van der Waals surface area (Å²) in [6.07, 6.45) is 5.99. The van der Waals surface area contributed by atoms with Crippen LogP contribution in [0.1, 0.15) is 74.5 Å². The summed E-state index contributed by atoms with van der Waals surface area (Å²) in [5.41, 5.74) is 2.79. The van der Waals surface area contributed by atoms with Crippen molar-refractivity contribution in [3.05, 3.63) is 58.9 Å². The van der Waals surface area contributed by atoms with Crippen LogP contribution in [0.5, 0.6) is 0 Å². The van der Waals surface area contributed by atoms with Crippen molar-refractivity contribution in [1.82, 2.24) is 9.88 Å². The molecule has 7 nitrogen and oxygen atoms in total. The number of hydrogen-bond donors (Lipinski definition) is 0. The molecule has 1 fully saturated rings. The summed E-state index contributed by atoms with van der Waals surface area (Å²) in [5.74, 6) is 0.363. The molecule has 2 aliphatic rings. The van der Waals surface area contributed by atoms with Crippen molar-refractivity contribution in [2.24, 2.45) is 5.92 Å². The van der Waals surface area contributed by atoms with E-state index in [9.17, 15) is 14.9 Å². The summed E-state index contributed by atoms with van der Waals surface area (Å²) < 4.78 is 5.50. The molecule has 0 spiro atoms. The third kappa shape index (κ3) is 4.63. The predicted molar refractivity (Wildman–Crippen MR) is 129 cm³/mol. The number of nitriles is 1. The van der Waals surface area contributed by atoms with Gasteiger partial charge in [0.15, 0.2) is 0 Å². The first-order valence-corrected chi connectivity index (χ1v) is 11.8. The highest BCUT2D eigenvalue weighted by molar-refractivity contribution is 6.12. The van der Waals surface area contributed by atoms with E-state index >= 15 is 0 Å². The molecule has 4 rings (SSSR count). The van der Waals surface area contributed by atoms with Crippen LogP contribution in [0.2, 0.25) is 0 Å². The van der Waals surface area contributed by atoms with Crippen LogP contribution in [-0.2, 0) is 16.7 Å². The van der Waals surface area contributed by atoms with E-state index in [1.165, 1.54) is 0 Å². The molecule has 7 heteroatoms. The second-order valence-corrected chi connectivity index (χ2v) is 10.7. The van der Waals surface area contributed by atoms with Crippen LogP contribution in [0.15, 0.2) is 36.7 Å². The molecular formula is C27H32N4O3. The molecular weight excluding hydrogens is 428 g/mol. The fourth-order valence-corrected chi connectivity index (χ4v) is 4.93. The van der Waals surface area contributed by atoms with Crippen molar-refractivity contribution in [2.75, 3.05) is 18.0 Å². The van der Waals surface area contributed by atoms with Crippen LogP contribution < -0.4 is 4.90 Å². The van der Waals surface area contributed by atoms with Crippen molar-refractivity contribution < 1.29 is 14.3 Å². The normalized spacial score (nSPS) is 17.9. The Kier molecular flexibility index (Phi) is 6.11. The third-order valence-corrected chi connectivity index (χ3v) is 6.63. The zero-order valence-corrected chi connectivity index (χ0v) is 20.6. The number of likely N-dealkylation sites (tertiary alicyclic amines) is 1. The molecule has 1 aromatic carbocycles. The molecule has 0 aliphatic carbocycles. The van der Waals surface area contributed by atoms with E-state index in [4.69, 9.17) is 4.74 Å². The minimum absolute atomic E-state index is 0.0749. The average molecular weight is 461 g/mol. The van der Waals surface area contributed by atoms with E-state index in [2.05, 4.69) is 11.1 Å². The smallest absolute Gasteiger partial charge is 0.410 e. The van der Waals surface area contributed by atoms with Crippen molar-refractivity contribution in [3.8, 4) is 6.07 Å². The Balaban J connectivity index is 1.46. The zero-order valence-electron chi connectivity index (χ0n) is 20.6. The summed E-state index contributed by atoms with van der Waals surface area (Å²) >= 11 is 0. The Hall–Kier alpha value is -3.40. The number of amides is 2. The van der Waals surface area contributed by atoms with Gasteiger partial charge in [0.2, 0.25) is 0 Å². The minimum atomic E-state index is -0.585. The number of benzene rings is 1. The molecule has 0 unspecified atom stereocenters. The first kappa shape index (κ1) is 23.7. The summed E-state index contributed by atoms with van der Waals surface area (Å²) in [7, 11) is 0. The molecule has 1 aromatic heterocycles. The molecule has 178 valence electrons. The van der Waals surface area contributed by atoms with Gasteiger partial charge in [0.05, 0.1) is 29.1 Å². The summed E-state index contributed by atoms with van der Waals surface area (Å²) in [4.78, 5) is 33.6. The van der Waals surface area contributed by atoms with E-state index < -0.39 is 11.1 Å². The monoisotopic (exact) mass is 460 g/mol. The van der Waals surface area contributed by atoms with Crippen molar-refractivity contribution >= 4 is 17.7 Å². The lowest BCUT2D eigenvalue weighted by Crippen LogP contribution is -2.42. The highest BCUT2D eigenvalue weighted by Crippen LogP contribution is 2.42. The van der Waals surface area contributed by atoms with E-state index in [-0.39, 0.29) is 12.0 Å². The number of rotatable bonds is 3. The van der Waals surface area contributed by atoms with Gasteiger partial charge >= 0.3 is 6.09 Å². The van der Waals surface area contributed by atoms with E-state index in [1.54, 1.807) is 28.1 Å². The SMILES string of the molecule is CC(C)(C)OC(=O)N1CCC(Cc2cncc(N3C(=O)c4ccc(C#N)cc4C3(C)C)c2)CC1. The summed E-state index contributed by atoms with van der Waals surface area (Å²) in [6.45, 7) is 11.0. The lowest BCUT2D eigenvalue weighted by atomic mass is 9.90. The number of piperidine rings is 1. The largest absolute Gasteiger partial charge is 0.444 e. The number of ether oxygens (including phenoxy) is 1. The Morgan fingerprint density at radius 2 is 1.91 bits per heavy atom. The number of anilines is 1. The lowest BCUT2D eigenvalue weighted by molar-refractivity contribution is 0.0184. The molecule has 3 heterocycles. The van der Waals surface area contributed by atoms with Gasteiger partial charge in [0, 0.05) is 24.8 Å². The fourth-order valence-electron chi connectivity index (χ4n) is 4.93. The standard InChI is InChI=1S/C27H32N4O3/c1-26(2,3)34-25(33)30-10-8-18(9-11-30)12-20-13-21(17-29-16-20)31-24(32)22-7-6-19(15-28)14-23(22)27(31,4)5/h6-7,13-14,16-18H,8-12H2,1-5H3. The van der Waals surface area contributed by atoms with Gasteiger partial charge < -0.3 is 9.64 Å². The van der Waals surface area contributed by atoms with Gasteiger partial charge in [-0.25, -0.2) is 4.79 Å². The molecule has 34 heavy (non-hydrogen) atoms. The maximum atomic E-state index is 13.3. The molecule has 0 saturated carbocycles. The maximum absolute atomic E-state index is 13.3. The average Bonchev–Trinajstić information content (AvgIpc) is 2.98. The second kappa shape index (κ2) is 8.75. The number of fused-ring (bicyclic) bond motifs is 1. The lowest BCUT2D eigenvalue weighted by Gasteiger charge is -2.34. The van der Waals surface area contributed by atoms with Crippen LogP contribution >= 0.6 is 0 Å². The van der Waals surface area contributed by atoms with Gasteiger partial charge in [-0.2, -0.15) is 5.26 Å². The Labute approximate surface area is 201 Å². The molecule has 0 bridgehead atoms. The Morgan fingerprint density at radius 3 is 2.56 bits per heavy atom. The topological polar surface area (TPSA) is 86.5 Å². The molecule has 2 aromatic rings. The quantitative estimate of drug-likeness (QED) is 0.641. The summed E-state index contributed by atoms with van der Waals surface area (Å²) in [6, 6.07) is 9.45. The maximum Gasteiger partial charge on any atom is 0.410 e. The first-order valence-electron chi connectivity index (χ1n) is 11.8. The van der Waals surface area contributed by atoms with Gasteiger partial charge in [0.25, 0.3) is 5.91 Å². The van der Waals surface area contributed by atoms with Crippen molar-refractivity contribution in [1.29, 1.82) is 5.26 Å². The van der Waals surface area contributed by atoms with Crippen molar-refractivity contribution in [2.45, 2.75) is 65.0 Å². The number of carbonyl (C=O) groups is 2. The molecule has 0 N–H and O–H groups in total. The molecule has 0 atom stereocenters. The highest BCUT2D eigenvalue weighted by atomic mass is 16.6. The predicted octanol–water partition coefficient (Wildman–Crippen LogP) is 5.04. The van der Waals surface area contributed by atoms with E-state index in [0.29, 0.717) is 30.1 Å². The fraction of sp³-hybridized carbons (Fsp3) is 0.481. The molecule has 0 radical (unpaired) electrons. The number of aromatic nitrogens is 1. The van der Waals surface area contributed by atoms with Gasteiger partial charge in [-0.05, 0) is 95.2 Å². The van der Waals surface area contributed by atoms with Crippen LogP contribution in [0.25, 0.3) is 0 Å². The van der Waals surface area contributed by atoms with Gasteiger partial charge in [-0.1, -0.05) is 0 Å². The molecule has 2 amide bonds. The Morgan fingerprint density at radius 1 is 1.21 bits per heavy atom. The third-order valence-electron chi connectivity index (χ3n) is 6.63. The summed E-state index contributed by atoms with van der Waals surface area (Å²) in [5, 5.41) is 9.29. The van der Waals surface area contributed by atoms with Crippen LogP contribution in [0, 0.1) is 17.2 Å². The van der Waals surface area contributed by atoms with Gasteiger partial charge in [0.1, 0.15) is 5.60 Å². The molecule has 2 aliphatic heterocycles. The van der Waals surface area contributed by atoms with Crippen molar-refractivity contribution in [3.63, 3.8) is 0 Å². The number of nitrogens with zero attached hydrogens (tertiary/aromatic N) is 4. The van der Waals surface area contributed by atoms with E-state index in [0.717, 1.165) is 36.1 Å². The minimum Gasteiger partial charge on any atom is -0.444 e. The van der Waals surface area contributed by atoms with Gasteiger partial charge in [-0.3, -0.25) is 14.7 Å².